The average molecular weight is 260 g/mol. The summed E-state index contributed by atoms with van der Waals surface area (Å²) < 4.78 is 5.27. The molecule has 2 saturated carbocycles. The van der Waals surface area contributed by atoms with Crippen molar-refractivity contribution < 1.29 is 9.21 Å². The molecule has 2 bridgehead atoms. The lowest BCUT2D eigenvalue weighted by Gasteiger charge is -2.21. The average Bonchev–Trinajstić information content (AvgIpc) is 3.10. The van der Waals surface area contributed by atoms with Gasteiger partial charge in [-0.05, 0) is 57.1 Å². The lowest BCUT2D eigenvalue weighted by Crippen LogP contribution is -2.24. The minimum atomic E-state index is -0.268. The molecule has 4 heteroatoms. The molecule has 1 aromatic heterocycles. The number of carbonyl (C=O) groups is 1. The van der Waals surface area contributed by atoms with Gasteiger partial charge in [-0.25, -0.2) is 5.43 Å². The van der Waals surface area contributed by atoms with Crippen LogP contribution in [-0.2, 0) is 0 Å². The summed E-state index contributed by atoms with van der Waals surface area (Å²) in [7, 11) is 0. The van der Waals surface area contributed by atoms with Gasteiger partial charge in [0.15, 0.2) is 5.76 Å². The summed E-state index contributed by atoms with van der Waals surface area (Å²) in [6, 6.07) is 3.45. The van der Waals surface area contributed by atoms with Crippen molar-refractivity contribution in [1.29, 1.82) is 0 Å². The number of hydrazone groups is 1. The number of furan rings is 1. The van der Waals surface area contributed by atoms with Gasteiger partial charge in [-0.15, -0.1) is 0 Å². The molecule has 1 amide bonds. The molecule has 3 atom stereocenters. The number of hydrogen-bond donors (Lipinski definition) is 1. The summed E-state index contributed by atoms with van der Waals surface area (Å²) in [5.74, 6) is 3.04. The van der Waals surface area contributed by atoms with Gasteiger partial charge in [0, 0.05) is 11.6 Å². The summed E-state index contributed by atoms with van der Waals surface area (Å²) in [6.07, 6.45) is 5.30. The highest BCUT2D eigenvalue weighted by Crippen LogP contribution is 2.48. The Labute approximate surface area is 113 Å². The molecular formula is C15H20N2O2. The Kier molecular flexibility index (Phi) is 3.17. The summed E-state index contributed by atoms with van der Waals surface area (Å²) in [5, 5.41) is 4.27. The van der Waals surface area contributed by atoms with Crippen molar-refractivity contribution in [1.82, 2.24) is 5.43 Å². The van der Waals surface area contributed by atoms with Gasteiger partial charge in [0.1, 0.15) is 5.76 Å². The van der Waals surface area contributed by atoms with E-state index in [1.165, 1.54) is 25.7 Å². The van der Waals surface area contributed by atoms with E-state index in [9.17, 15) is 4.79 Å². The molecule has 1 aromatic rings. The molecule has 1 heterocycles. The van der Waals surface area contributed by atoms with Gasteiger partial charge < -0.3 is 4.42 Å². The number of amides is 1. The maximum Gasteiger partial charge on any atom is 0.307 e. The van der Waals surface area contributed by atoms with Crippen LogP contribution in [0.5, 0.6) is 0 Å². The third kappa shape index (κ3) is 2.44. The van der Waals surface area contributed by atoms with Gasteiger partial charge in [0.05, 0.1) is 0 Å². The first-order valence-electron chi connectivity index (χ1n) is 7.04. The fourth-order valence-corrected chi connectivity index (χ4v) is 3.59. The molecule has 3 rings (SSSR count). The molecule has 3 unspecified atom stereocenters. The van der Waals surface area contributed by atoms with Gasteiger partial charge in [-0.3, -0.25) is 4.79 Å². The third-order valence-electron chi connectivity index (χ3n) is 4.57. The zero-order valence-corrected chi connectivity index (χ0v) is 11.5. The topological polar surface area (TPSA) is 54.6 Å². The van der Waals surface area contributed by atoms with Crippen LogP contribution in [0.1, 0.15) is 48.9 Å². The number of nitrogens with one attached hydrogen (secondary N) is 1. The molecule has 2 aliphatic rings. The van der Waals surface area contributed by atoms with E-state index in [1.54, 1.807) is 12.1 Å². The van der Waals surface area contributed by atoms with Crippen LogP contribution in [0.15, 0.2) is 21.7 Å². The number of carbonyl (C=O) groups excluding carboxylic acids is 1. The Morgan fingerprint density at radius 3 is 2.79 bits per heavy atom. The van der Waals surface area contributed by atoms with Crippen LogP contribution in [0.25, 0.3) is 0 Å². The Balaban J connectivity index is 1.61. The summed E-state index contributed by atoms with van der Waals surface area (Å²) in [6.45, 7) is 3.85. The van der Waals surface area contributed by atoms with Gasteiger partial charge in [-0.2, -0.15) is 5.10 Å². The van der Waals surface area contributed by atoms with Crippen molar-refractivity contribution in [3.8, 4) is 0 Å². The Hall–Kier alpha value is -1.58. The first kappa shape index (κ1) is 12.5. The van der Waals surface area contributed by atoms with Crippen molar-refractivity contribution in [3.05, 3.63) is 23.7 Å². The zero-order chi connectivity index (χ0) is 13.4. The van der Waals surface area contributed by atoms with E-state index >= 15 is 0 Å². The number of rotatable bonds is 3. The maximum absolute atomic E-state index is 11.8. The minimum Gasteiger partial charge on any atom is -0.456 e. The highest BCUT2D eigenvalue weighted by molar-refractivity contribution is 5.93. The van der Waals surface area contributed by atoms with Crippen LogP contribution in [0, 0.1) is 24.7 Å². The zero-order valence-electron chi connectivity index (χ0n) is 11.5. The number of nitrogens with zero attached hydrogens (tertiary/aromatic N) is 1. The van der Waals surface area contributed by atoms with Gasteiger partial charge in [-0.1, -0.05) is 6.42 Å². The van der Waals surface area contributed by atoms with Gasteiger partial charge >= 0.3 is 5.91 Å². The van der Waals surface area contributed by atoms with E-state index < -0.39 is 0 Å². The van der Waals surface area contributed by atoms with E-state index in [1.807, 2.05) is 13.8 Å². The Morgan fingerprint density at radius 1 is 1.37 bits per heavy atom. The molecule has 0 aliphatic heterocycles. The van der Waals surface area contributed by atoms with Crippen molar-refractivity contribution in [2.75, 3.05) is 0 Å². The lowest BCUT2D eigenvalue weighted by molar-refractivity contribution is 0.0925. The normalized spacial score (nSPS) is 29.8. The monoisotopic (exact) mass is 260 g/mol. The molecular weight excluding hydrogens is 240 g/mol. The molecule has 0 spiro atoms. The minimum absolute atomic E-state index is 0.268. The Bertz CT molecular complexity index is 518. The second kappa shape index (κ2) is 4.83. The summed E-state index contributed by atoms with van der Waals surface area (Å²) in [5.41, 5.74) is 3.66. The molecule has 4 nitrogen and oxygen atoms in total. The first-order valence-corrected chi connectivity index (χ1v) is 7.04. The summed E-state index contributed by atoms with van der Waals surface area (Å²) in [4.78, 5) is 11.8. The second-order valence-electron chi connectivity index (χ2n) is 5.89. The predicted octanol–water partition coefficient (Wildman–Crippen LogP) is 3.13. The van der Waals surface area contributed by atoms with E-state index in [-0.39, 0.29) is 5.91 Å². The molecule has 19 heavy (non-hydrogen) atoms. The van der Waals surface area contributed by atoms with Crippen LogP contribution in [0.4, 0.5) is 0 Å². The SMILES string of the molecule is C/C(=N\NC(=O)c1ccc(C)o1)C1CC2CCC1C2. The molecule has 2 aliphatic carbocycles. The van der Waals surface area contributed by atoms with Crippen LogP contribution >= 0.6 is 0 Å². The van der Waals surface area contributed by atoms with Crippen molar-refractivity contribution in [2.24, 2.45) is 22.9 Å². The summed E-state index contributed by atoms with van der Waals surface area (Å²) >= 11 is 0. The molecule has 0 radical (unpaired) electrons. The molecule has 2 fully saturated rings. The van der Waals surface area contributed by atoms with E-state index in [4.69, 9.17) is 4.42 Å². The quantitative estimate of drug-likeness (QED) is 0.670. The highest BCUT2D eigenvalue weighted by Gasteiger charge is 2.40. The second-order valence-corrected chi connectivity index (χ2v) is 5.89. The van der Waals surface area contributed by atoms with Crippen LogP contribution in [0.2, 0.25) is 0 Å². The van der Waals surface area contributed by atoms with Crippen molar-refractivity contribution in [3.63, 3.8) is 0 Å². The van der Waals surface area contributed by atoms with E-state index in [2.05, 4.69) is 10.5 Å². The van der Waals surface area contributed by atoms with Crippen LogP contribution in [0.3, 0.4) is 0 Å². The molecule has 102 valence electrons. The molecule has 0 saturated heterocycles. The maximum atomic E-state index is 11.8. The number of hydrogen-bond acceptors (Lipinski definition) is 3. The fourth-order valence-electron chi connectivity index (χ4n) is 3.59. The first-order chi connectivity index (χ1) is 9.13. The largest absolute Gasteiger partial charge is 0.456 e. The number of fused-ring (bicyclic) bond motifs is 2. The molecule has 1 N–H and O–H groups in total. The molecule has 0 aromatic carbocycles. The van der Waals surface area contributed by atoms with Crippen LogP contribution < -0.4 is 5.43 Å². The lowest BCUT2D eigenvalue weighted by atomic mass is 9.86. The standard InChI is InChI=1S/C15H20N2O2/c1-9-3-6-14(19-9)15(18)17-16-10(2)13-8-11-4-5-12(13)7-11/h3,6,11-13H,4-5,7-8H2,1-2H3,(H,17,18)/b16-10+. The highest BCUT2D eigenvalue weighted by atomic mass is 16.3. The van der Waals surface area contributed by atoms with E-state index in [0.717, 1.165) is 23.3 Å². The van der Waals surface area contributed by atoms with Gasteiger partial charge in [0.2, 0.25) is 0 Å². The predicted molar refractivity (Wildman–Crippen MR) is 73.0 cm³/mol. The van der Waals surface area contributed by atoms with Crippen molar-refractivity contribution in [2.45, 2.75) is 39.5 Å². The van der Waals surface area contributed by atoms with Crippen LogP contribution in [-0.4, -0.2) is 11.6 Å². The smallest absolute Gasteiger partial charge is 0.307 e. The van der Waals surface area contributed by atoms with Crippen molar-refractivity contribution >= 4 is 11.6 Å². The Morgan fingerprint density at radius 2 is 2.21 bits per heavy atom. The van der Waals surface area contributed by atoms with Gasteiger partial charge in [0.25, 0.3) is 0 Å². The number of aryl methyl sites for hydroxylation is 1. The fraction of sp³-hybridized carbons (Fsp3) is 0.600. The van der Waals surface area contributed by atoms with E-state index in [0.29, 0.717) is 11.7 Å². The third-order valence-corrected chi connectivity index (χ3v) is 4.57.